The van der Waals surface area contributed by atoms with Gasteiger partial charge in [0.05, 0.1) is 13.2 Å². The van der Waals surface area contributed by atoms with Gasteiger partial charge in [-0.05, 0) is 51.0 Å². The summed E-state index contributed by atoms with van der Waals surface area (Å²) in [6.07, 6.45) is 1.23. The van der Waals surface area contributed by atoms with Gasteiger partial charge < -0.3 is 24.2 Å². The molecule has 0 saturated carbocycles. The molecule has 1 aromatic heterocycles. The first-order valence-corrected chi connectivity index (χ1v) is 9.75. The van der Waals surface area contributed by atoms with Crippen molar-refractivity contribution in [2.75, 3.05) is 26.3 Å². The number of carbonyl (C=O) groups is 2. The van der Waals surface area contributed by atoms with Gasteiger partial charge in [0.25, 0.3) is 5.91 Å². The topological polar surface area (TPSA) is 107 Å². The standard InChI is InChI=1S/C20H26N4O5/c1-3-27-16-4-6-17(7-5-16)28-13-19(25)24-10-8-15(9-11-24)20(26)21-12-18-22-14(2)23-29-18/h4-7,15H,3,8-13H2,1-2H3,(H,21,26). The highest BCUT2D eigenvalue weighted by molar-refractivity contribution is 5.80. The van der Waals surface area contributed by atoms with E-state index >= 15 is 0 Å². The second-order valence-corrected chi connectivity index (χ2v) is 6.80. The lowest BCUT2D eigenvalue weighted by Crippen LogP contribution is -2.44. The molecule has 1 aliphatic rings. The SMILES string of the molecule is CCOc1ccc(OCC(=O)N2CCC(C(=O)NCc3nc(C)no3)CC2)cc1. The number of aromatic nitrogens is 2. The molecule has 156 valence electrons. The van der Waals surface area contributed by atoms with Gasteiger partial charge in [0.15, 0.2) is 12.4 Å². The molecule has 2 amide bonds. The molecule has 3 rings (SSSR count). The summed E-state index contributed by atoms with van der Waals surface area (Å²) in [7, 11) is 0. The summed E-state index contributed by atoms with van der Waals surface area (Å²) in [4.78, 5) is 30.5. The van der Waals surface area contributed by atoms with Crippen LogP contribution < -0.4 is 14.8 Å². The number of hydrogen-bond donors (Lipinski definition) is 1. The third kappa shape index (κ3) is 5.94. The second kappa shape index (κ2) is 9.90. The van der Waals surface area contributed by atoms with Crippen molar-refractivity contribution in [1.82, 2.24) is 20.4 Å². The molecular weight excluding hydrogens is 376 g/mol. The number of nitrogens with one attached hydrogen (secondary N) is 1. The summed E-state index contributed by atoms with van der Waals surface area (Å²) < 4.78 is 15.9. The van der Waals surface area contributed by atoms with Crippen LogP contribution in [0.1, 0.15) is 31.5 Å². The molecule has 1 aliphatic heterocycles. The molecule has 0 bridgehead atoms. The fraction of sp³-hybridized carbons (Fsp3) is 0.500. The number of likely N-dealkylation sites (tertiary alicyclic amines) is 1. The fourth-order valence-electron chi connectivity index (χ4n) is 3.15. The van der Waals surface area contributed by atoms with Crippen LogP contribution in [-0.4, -0.2) is 53.2 Å². The Kier molecular flexibility index (Phi) is 7.04. The Bertz CT molecular complexity index is 813. The summed E-state index contributed by atoms with van der Waals surface area (Å²) in [6.45, 7) is 5.50. The van der Waals surface area contributed by atoms with Crippen molar-refractivity contribution >= 4 is 11.8 Å². The lowest BCUT2D eigenvalue weighted by Gasteiger charge is -2.31. The second-order valence-electron chi connectivity index (χ2n) is 6.80. The molecule has 1 aromatic carbocycles. The average molecular weight is 402 g/mol. The van der Waals surface area contributed by atoms with Crippen LogP contribution >= 0.6 is 0 Å². The first-order chi connectivity index (χ1) is 14.0. The van der Waals surface area contributed by atoms with E-state index in [0.29, 0.717) is 50.0 Å². The van der Waals surface area contributed by atoms with Crippen LogP contribution in [0.3, 0.4) is 0 Å². The minimum atomic E-state index is -0.130. The van der Waals surface area contributed by atoms with Gasteiger partial charge in [0.2, 0.25) is 11.8 Å². The number of hydrogen-bond acceptors (Lipinski definition) is 7. The third-order valence-corrected chi connectivity index (χ3v) is 4.70. The van der Waals surface area contributed by atoms with Crippen LogP contribution in [0.2, 0.25) is 0 Å². The molecule has 0 radical (unpaired) electrons. The lowest BCUT2D eigenvalue weighted by molar-refractivity contribution is -0.137. The molecule has 0 spiro atoms. The zero-order chi connectivity index (χ0) is 20.6. The maximum atomic E-state index is 12.4. The lowest BCUT2D eigenvalue weighted by atomic mass is 9.96. The van der Waals surface area contributed by atoms with Crippen LogP contribution in [0.4, 0.5) is 0 Å². The highest BCUT2D eigenvalue weighted by atomic mass is 16.5. The average Bonchev–Trinajstić information content (AvgIpc) is 3.17. The van der Waals surface area contributed by atoms with Gasteiger partial charge in [0, 0.05) is 19.0 Å². The molecule has 0 unspecified atom stereocenters. The van der Waals surface area contributed by atoms with E-state index in [2.05, 4.69) is 15.5 Å². The quantitative estimate of drug-likeness (QED) is 0.716. The highest BCUT2D eigenvalue weighted by Crippen LogP contribution is 2.20. The fourth-order valence-corrected chi connectivity index (χ4v) is 3.15. The van der Waals surface area contributed by atoms with Crippen LogP contribution in [0.15, 0.2) is 28.8 Å². The van der Waals surface area contributed by atoms with Crippen molar-refractivity contribution in [2.45, 2.75) is 33.2 Å². The van der Waals surface area contributed by atoms with Gasteiger partial charge in [-0.2, -0.15) is 4.98 Å². The van der Waals surface area contributed by atoms with Crippen molar-refractivity contribution < 1.29 is 23.6 Å². The Hall–Kier alpha value is -3.10. The molecule has 1 fully saturated rings. The predicted octanol–water partition coefficient (Wildman–Crippen LogP) is 1.71. The molecule has 9 nitrogen and oxygen atoms in total. The number of ether oxygens (including phenoxy) is 2. The molecule has 1 saturated heterocycles. The van der Waals surface area contributed by atoms with Gasteiger partial charge >= 0.3 is 0 Å². The maximum absolute atomic E-state index is 12.4. The number of benzene rings is 1. The molecule has 29 heavy (non-hydrogen) atoms. The number of aryl methyl sites for hydroxylation is 1. The van der Waals surface area contributed by atoms with Crippen molar-refractivity contribution in [3.63, 3.8) is 0 Å². The third-order valence-electron chi connectivity index (χ3n) is 4.70. The number of piperidine rings is 1. The van der Waals surface area contributed by atoms with Crippen molar-refractivity contribution in [3.05, 3.63) is 36.0 Å². The zero-order valence-electron chi connectivity index (χ0n) is 16.7. The van der Waals surface area contributed by atoms with Crippen molar-refractivity contribution in [3.8, 4) is 11.5 Å². The number of rotatable bonds is 8. The molecule has 0 atom stereocenters. The molecule has 0 aliphatic carbocycles. The van der Waals surface area contributed by atoms with E-state index in [4.69, 9.17) is 14.0 Å². The van der Waals surface area contributed by atoms with Crippen LogP contribution in [0.25, 0.3) is 0 Å². The first-order valence-electron chi connectivity index (χ1n) is 9.75. The predicted molar refractivity (Wildman–Crippen MR) is 103 cm³/mol. The number of carbonyl (C=O) groups excluding carboxylic acids is 2. The van der Waals surface area contributed by atoms with E-state index in [-0.39, 0.29) is 30.9 Å². The van der Waals surface area contributed by atoms with E-state index in [1.807, 2.05) is 19.1 Å². The van der Waals surface area contributed by atoms with Crippen LogP contribution in [-0.2, 0) is 16.1 Å². The molecular formula is C20H26N4O5. The van der Waals surface area contributed by atoms with Gasteiger partial charge in [-0.1, -0.05) is 5.16 Å². The normalized spacial score (nSPS) is 14.5. The summed E-state index contributed by atoms with van der Waals surface area (Å²) in [6, 6.07) is 7.17. The number of nitrogens with zero attached hydrogens (tertiary/aromatic N) is 3. The maximum Gasteiger partial charge on any atom is 0.260 e. The smallest absolute Gasteiger partial charge is 0.260 e. The Balaban J connectivity index is 1.37. The Morgan fingerprint density at radius 2 is 1.83 bits per heavy atom. The Morgan fingerprint density at radius 3 is 2.41 bits per heavy atom. The molecule has 2 aromatic rings. The van der Waals surface area contributed by atoms with E-state index in [1.165, 1.54) is 0 Å². The van der Waals surface area contributed by atoms with E-state index in [9.17, 15) is 9.59 Å². The van der Waals surface area contributed by atoms with E-state index < -0.39 is 0 Å². The van der Waals surface area contributed by atoms with Gasteiger partial charge in [0.1, 0.15) is 11.5 Å². The van der Waals surface area contributed by atoms with Gasteiger partial charge in [-0.15, -0.1) is 0 Å². The summed E-state index contributed by atoms with van der Waals surface area (Å²) in [5.41, 5.74) is 0. The monoisotopic (exact) mass is 402 g/mol. The van der Waals surface area contributed by atoms with E-state index in [0.717, 1.165) is 5.75 Å². The zero-order valence-corrected chi connectivity index (χ0v) is 16.7. The largest absolute Gasteiger partial charge is 0.494 e. The summed E-state index contributed by atoms with van der Waals surface area (Å²) >= 11 is 0. The van der Waals surface area contributed by atoms with Crippen LogP contribution in [0, 0.1) is 12.8 Å². The molecule has 9 heteroatoms. The van der Waals surface area contributed by atoms with Gasteiger partial charge in [-0.3, -0.25) is 9.59 Å². The molecule has 1 N–H and O–H groups in total. The Morgan fingerprint density at radius 1 is 1.17 bits per heavy atom. The number of amides is 2. The summed E-state index contributed by atoms with van der Waals surface area (Å²) in [5, 5.41) is 6.50. The van der Waals surface area contributed by atoms with E-state index in [1.54, 1.807) is 24.0 Å². The minimum Gasteiger partial charge on any atom is -0.494 e. The summed E-state index contributed by atoms with van der Waals surface area (Å²) in [5.74, 6) is 2.03. The first kappa shape index (κ1) is 20.6. The van der Waals surface area contributed by atoms with Crippen molar-refractivity contribution in [2.24, 2.45) is 5.92 Å². The molecule has 2 heterocycles. The highest BCUT2D eigenvalue weighted by Gasteiger charge is 2.27. The van der Waals surface area contributed by atoms with Crippen LogP contribution in [0.5, 0.6) is 11.5 Å². The van der Waals surface area contributed by atoms with Gasteiger partial charge in [-0.25, -0.2) is 0 Å². The Labute approximate surface area is 169 Å². The van der Waals surface area contributed by atoms with Crippen molar-refractivity contribution in [1.29, 1.82) is 0 Å². The minimum absolute atomic E-state index is 0.0264.